The summed E-state index contributed by atoms with van der Waals surface area (Å²) in [6.07, 6.45) is 0. The molecule has 1 heterocycles. The lowest BCUT2D eigenvalue weighted by Crippen LogP contribution is -2.13. The fourth-order valence-corrected chi connectivity index (χ4v) is 2.10. The molecule has 0 saturated carbocycles. The van der Waals surface area contributed by atoms with Crippen LogP contribution in [-0.2, 0) is 5.41 Å². The van der Waals surface area contributed by atoms with Crippen molar-refractivity contribution in [3.8, 4) is 17.3 Å². The van der Waals surface area contributed by atoms with Crippen molar-refractivity contribution in [2.75, 3.05) is 0 Å². The lowest BCUT2D eigenvalue weighted by molar-refractivity contribution is 0.590. The van der Waals surface area contributed by atoms with Crippen LogP contribution < -0.4 is 5.56 Å². The first-order valence-corrected chi connectivity index (χ1v) is 6.58. The number of aromatic amines is 1. The summed E-state index contributed by atoms with van der Waals surface area (Å²) in [5.74, 6) is 0. The molecule has 2 rings (SSSR count). The van der Waals surface area contributed by atoms with Crippen LogP contribution in [0.2, 0.25) is 0 Å². The molecule has 0 bridgehead atoms. The zero-order valence-electron chi connectivity index (χ0n) is 12.2. The number of pyridine rings is 1. The largest absolute Gasteiger partial charge is 0.321 e. The van der Waals surface area contributed by atoms with Gasteiger partial charge in [0.15, 0.2) is 0 Å². The topological polar surface area (TPSA) is 56.6 Å². The number of benzene rings is 1. The van der Waals surface area contributed by atoms with Gasteiger partial charge < -0.3 is 4.98 Å². The summed E-state index contributed by atoms with van der Waals surface area (Å²) in [5.41, 5.74) is 3.90. The lowest BCUT2D eigenvalue weighted by Gasteiger charge is -2.20. The predicted octanol–water partition coefficient (Wildman–Crippen LogP) is 3.52. The van der Waals surface area contributed by atoms with E-state index in [9.17, 15) is 4.79 Å². The SMILES string of the molecule is Cc1ccc(C(C)(C)C)cc1-c1ccc(C#N)c(=O)[nH]1. The zero-order chi connectivity index (χ0) is 14.9. The molecule has 0 amide bonds. The minimum Gasteiger partial charge on any atom is -0.321 e. The minimum absolute atomic E-state index is 0.0509. The first-order chi connectivity index (χ1) is 9.32. The van der Waals surface area contributed by atoms with Crippen LogP contribution in [0.25, 0.3) is 11.3 Å². The number of hydrogen-bond acceptors (Lipinski definition) is 2. The Hall–Kier alpha value is -2.34. The molecule has 1 aromatic carbocycles. The second kappa shape index (κ2) is 4.97. The Morgan fingerprint density at radius 1 is 1.15 bits per heavy atom. The summed E-state index contributed by atoms with van der Waals surface area (Å²) in [5, 5.41) is 8.82. The highest BCUT2D eigenvalue weighted by Crippen LogP contribution is 2.28. The number of nitrogens with one attached hydrogen (secondary N) is 1. The molecule has 0 fully saturated rings. The Morgan fingerprint density at radius 3 is 2.40 bits per heavy atom. The van der Waals surface area contributed by atoms with Crippen molar-refractivity contribution in [1.82, 2.24) is 4.98 Å². The van der Waals surface area contributed by atoms with Crippen LogP contribution in [0.3, 0.4) is 0 Å². The van der Waals surface area contributed by atoms with Gasteiger partial charge in [-0.05, 0) is 41.7 Å². The number of nitriles is 1. The molecule has 0 atom stereocenters. The van der Waals surface area contributed by atoms with E-state index in [4.69, 9.17) is 5.26 Å². The Labute approximate surface area is 118 Å². The average molecular weight is 266 g/mol. The number of H-pyrrole nitrogens is 1. The van der Waals surface area contributed by atoms with E-state index < -0.39 is 0 Å². The van der Waals surface area contributed by atoms with Gasteiger partial charge in [0.2, 0.25) is 0 Å². The third-order valence-electron chi connectivity index (χ3n) is 3.42. The summed E-state index contributed by atoms with van der Waals surface area (Å²) >= 11 is 0. The summed E-state index contributed by atoms with van der Waals surface area (Å²) in [6.45, 7) is 8.48. The van der Waals surface area contributed by atoms with E-state index in [1.165, 1.54) is 5.56 Å². The number of aromatic nitrogens is 1. The Balaban J connectivity index is 2.61. The summed E-state index contributed by atoms with van der Waals surface area (Å²) in [6, 6.07) is 11.5. The fraction of sp³-hybridized carbons (Fsp3) is 0.294. The van der Waals surface area contributed by atoms with Crippen LogP contribution in [-0.4, -0.2) is 4.98 Å². The van der Waals surface area contributed by atoms with Crippen molar-refractivity contribution in [2.45, 2.75) is 33.1 Å². The smallest absolute Gasteiger partial charge is 0.266 e. The van der Waals surface area contributed by atoms with E-state index in [0.29, 0.717) is 0 Å². The molecule has 0 unspecified atom stereocenters. The number of nitrogens with zero attached hydrogens (tertiary/aromatic N) is 1. The van der Waals surface area contributed by atoms with E-state index in [0.717, 1.165) is 16.8 Å². The van der Waals surface area contributed by atoms with Crippen LogP contribution >= 0.6 is 0 Å². The maximum absolute atomic E-state index is 11.8. The number of hydrogen-bond donors (Lipinski definition) is 1. The van der Waals surface area contributed by atoms with Gasteiger partial charge in [0.05, 0.1) is 0 Å². The highest BCUT2D eigenvalue weighted by Gasteiger charge is 2.15. The first-order valence-electron chi connectivity index (χ1n) is 6.58. The van der Waals surface area contributed by atoms with Crippen LogP contribution in [0.1, 0.15) is 37.5 Å². The van der Waals surface area contributed by atoms with Gasteiger partial charge in [-0.25, -0.2) is 0 Å². The average Bonchev–Trinajstić information content (AvgIpc) is 2.37. The Bertz CT molecular complexity index is 743. The van der Waals surface area contributed by atoms with Crippen LogP contribution in [0.15, 0.2) is 35.1 Å². The maximum Gasteiger partial charge on any atom is 0.266 e. The molecule has 102 valence electrons. The Kier molecular flexibility index (Phi) is 3.50. The third-order valence-corrected chi connectivity index (χ3v) is 3.42. The molecule has 1 N–H and O–H groups in total. The number of aryl methyl sites for hydroxylation is 1. The molecule has 3 nitrogen and oxygen atoms in total. The third kappa shape index (κ3) is 2.65. The van der Waals surface area contributed by atoms with Gasteiger partial charge in [-0.1, -0.05) is 32.9 Å². The lowest BCUT2D eigenvalue weighted by atomic mass is 9.85. The highest BCUT2D eigenvalue weighted by molar-refractivity contribution is 5.65. The molecule has 3 heteroatoms. The second-order valence-corrected chi connectivity index (χ2v) is 6.01. The van der Waals surface area contributed by atoms with Crippen molar-refractivity contribution < 1.29 is 0 Å². The molecular weight excluding hydrogens is 248 g/mol. The van der Waals surface area contributed by atoms with Crippen molar-refractivity contribution in [3.05, 3.63) is 57.4 Å². The summed E-state index contributed by atoms with van der Waals surface area (Å²) < 4.78 is 0. The van der Waals surface area contributed by atoms with Crippen molar-refractivity contribution in [2.24, 2.45) is 0 Å². The van der Waals surface area contributed by atoms with Gasteiger partial charge in [-0.3, -0.25) is 4.79 Å². The minimum atomic E-state index is -0.342. The van der Waals surface area contributed by atoms with Gasteiger partial charge in [-0.15, -0.1) is 0 Å². The van der Waals surface area contributed by atoms with Gasteiger partial charge in [0.25, 0.3) is 5.56 Å². The van der Waals surface area contributed by atoms with E-state index in [2.05, 4.69) is 44.0 Å². The maximum atomic E-state index is 11.8. The van der Waals surface area contributed by atoms with Crippen LogP contribution in [0.4, 0.5) is 0 Å². The van der Waals surface area contributed by atoms with Gasteiger partial charge in [-0.2, -0.15) is 5.26 Å². The van der Waals surface area contributed by atoms with Gasteiger partial charge in [0, 0.05) is 11.3 Å². The molecule has 20 heavy (non-hydrogen) atoms. The Morgan fingerprint density at radius 2 is 1.85 bits per heavy atom. The quantitative estimate of drug-likeness (QED) is 0.858. The molecule has 0 radical (unpaired) electrons. The van der Waals surface area contributed by atoms with E-state index in [1.54, 1.807) is 12.1 Å². The summed E-state index contributed by atoms with van der Waals surface area (Å²) in [7, 11) is 0. The molecule has 0 aliphatic rings. The van der Waals surface area contributed by atoms with Gasteiger partial charge in [0.1, 0.15) is 11.6 Å². The normalized spacial score (nSPS) is 11.2. The predicted molar refractivity (Wildman–Crippen MR) is 80.7 cm³/mol. The molecular formula is C17H18N2O. The van der Waals surface area contributed by atoms with Crippen molar-refractivity contribution in [3.63, 3.8) is 0 Å². The molecule has 0 spiro atoms. The van der Waals surface area contributed by atoms with E-state index >= 15 is 0 Å². The van der Waals surface area contributed by atoms with E-state index in [1.807, 2.05) is 13.0 Å². The molecule has 0 aliphatic heterocycles. The van der Waals surface area contributed by atoms with E-state index in [-0.39, 0.29) is 16.5 Å². The van der Waals surface area contributed by atoms with Crippen LogP contribution in [0.5, 0.6) is 0 Å². The highest BCUT2D eigenvalue weighted by atomic mass is 16.1. The first kappa shape index (κ1) is 14.1. The number of rotatable bonds is 1. The van der Waals surface area contributed by atoms with Crippen LogP contribution in [0, 0.1) is 18.3 Å². The zero-order valence-corrected chi connectivity index (χ0v) is 12.2. The molecule has 2 aromatic rings. The monoisotopic (exact) mass is 266 g/mol. The van der Waals surface area contributed by atoms with Gasteiger partial charge >= 0.3 is 0 Å². The molecule has 0 saturated heterocycles. The summed E-state index contributed by atoms with van der Waals surface area (Å²) in [4.78, 5) is 14.5. The second-order valence-electron chi connectivity index (χ2n) is 6.01. The molecule has 0 aliphatic carbocycles. The fourth-order valence-electron chi connectivity index (χ4n) is 2.10. The standard InChI is InChI=1S/C17H18N2O/c1-11-5-7-13(17(2,3)4)9-14(11)15-8-6-12(10-18)16(20)19-15/h5-9H,1-4H3,(H,19,20). The van der Waals surface area contributed by atoms with Crippen molar-refractivity contribution in [1.29, 1.82) is 5.26 Å². The molecule has 1 aromatic heterocycles. The van der Waals surface area contributed by atoms with Crippen molar-refractivity contribution >= 4 is 0 Å².